The minimum absolute atomic E-state index is 0.00549. The van der Waals surface area contributed by atoms with Crippen molar-refractivity contribution in [3.8, 4) is 11.5 Å². The van der Waals surface area contributed by atoms with E-state index in [0.717, 1.165) is 35.9 Å². The van der Waals surface area contributed by atoms with Gasteiger partial charge in [0.1, 0.15) is 17.0 Å². The number of amides is 2. The smallest absolute Gasteiger partial charge is 0.350 e. The van der Waals surface area contributed by atoms with Gasteiger partial charge >= 0.3 is 18.0 Å². The Balaban J connectivity index is 1.23. The molecule has 6 rings (SSSR count). The summed E-state index contributed by atoms with van der Waals surface area (Å²) in [6.45, 7) is 4.41. The predicted molar refractivity (Wildman–Crippen MR) is 226 cm³/mol. The lowest BCUT2D eigenvalue weighted by Gasteiger charge is -2.24. The first kappa shape index (κ1) is 42.0. The van der Waals surface area contributed by atoms with E-state index in [0.29, 0.717) is 11.1 Å². The Morgan fingerprint density at radius 1 is 0.746 bits per heavy atom. The minimum atomic E-state index is -1.15. The Morgan fingerprint density at radius 2 is 1.42 bits per heavy atom. The average Bonchev–Trinajstić information content (AvgIpc) is 3.68. The van der Waals surface area contributed by atoms with E-state index < -0.39 is 23.9 Å². The highest BCUT2D eigenvalue weighted by Crippen LogP contribution is 2.38. The molecule has 0 aliphatic carbocycles. The van der Waals surface area contributed by atoms with Crippen LogP contribution in [0.3, 0.4) is 0 Å². The van der Waals surface area contributed by atoms with Gasteiger partial charge in [-0.2, -0.15) is 9.75 Å². The molecule has 0 aliphatic rings. The predicted octanol–water partition coefficient (Wildman–Crippen LogP) is 10.1. The molecule has 0 saturated heterocycles. The van der Waals surface area contributed by atoms with Crippen LogP contribution in [0.15, 0.2) is 97.1 Å². The van der Waals surface area contributed by atoms with E-state index in [4.69, 9.17) is 9.57 Å². The molecule has 13 nitrogen and oxygen atoms in total. The number of hydroxylamine groups is 1. The number of carbonyl (C=O) groups excluding carboxylic acids is 3. The molecule has 13 heteroatoms. The highest BCUT2D eigenvalue weighted by Gasteiger charge is 2.28. The molecule has 2 N–H and O–H groups in total. The number of carboxylic acid groups (broad SMARTS) is 1. The van der Waals surface area contributed by atoms with Crippen molar-refractivity contribution in [2.45, 2.75) is 78.1 Å². The number of nitrogens with zero attached hydrogens (tertiary/aromatic N) is 5. The molecular weight excluding hydrogens is 751 g/mol. The molecular formula is C46H49N5O8. The summed E-state index contributed by atoms with van der Waals surface area (Å²) < 4.78 is 7.02. The number of rotatable bonds is 18. The van der Waals surface area contributed by atoms with Crippen LogP contribution < -0.4 is 14.7 Å². The van der Waals surface area contributed by atoms with Gasteiger partial charge in [-0.15, -0.1) is 5.10 Å². The Kier molecular flexibility index (Phi) is 14.0. The van der Waals surface area contributed by atoms with Gasteiger partial charge in [-0.25, -0.2) is 14.4 Å². The van der Waals surface area contributed by atoms with Crippen LogP contribution >= 0.6 is 0 Å². The Hall–Kier alpha value is -6.60. The molecule has 1 heterocycles. The number of hydrogen-bond acceptors (Lipinski definition) is 9. The van der Waals surface area contributed by atoms with E-state index in [1.165, 1.54) is 85.9 Å². The number of anilines is 2. The summed E-state index contributed by atoms with van der Waals surface area (Å²) >= 11 is 0. The summed E-state index contributed by atoms with van der Waals surface area (Å²) in [7, 11) is 1.45. The van der Waals surface area contributed by atoms with Crippen LogP contribution in [-0.2, 0) is 4.84 Å². The molecule has 0 atom stereocenters. The van der Waals surface area contributed by atoms with Crippen molar-refractivity contribution >= 4 is 57.1 Å². The molecule has 0 bridgehead atoms. The van der Waals surface area contributed by atoms with Gasteiger partial charge in [0.05, 0.1) is 40.2 Å². The lowest BCUT2D eigenvalue weighted by Crippen LogP contribution is -2.33. The molecule has 0 unspecified atom stereocenters. The molecule has 5 aromatic carbocycles. The molecule has 6 aromatic rings. The number of carbonyl (C=O) groups is 4. The normalized spacial score (nSPS) is 11.2. The second-order valence-corrected chi connectivity index (χ2v) is 14.5. The highest BCUT2D eigenvalue weighted by atomic mass is 16.7. The Morgan fingerprint density at radius 3 is 2.14 bits per heavy atom. The molecule has 0 saturated carbocycles. The number of carboxylic acids is 1. The zero-order chi connectivity index (χ0) is 41.9. The summed E-state index contributed by atoms with van der Waals surface area (Å²) in [6.07, 6.45) is 11.5. The zero-order valence-electron chi connectivity index (χ0n) is 33.6. The van der Waals surface area contributed by atoms with Crippen LogP contribution in [0.4, 0.5) is 16.2 Å². The van der Waals surface area contributed by atoms with Gasteiger partial charge in [0.2, 0.25) is 0 Å². The molecule has 0 radical (unpaired) electrons. The van der Waals surface area contributed by atoms with E-state index in [-0.39, 0.29) is 56.9 Å². The topological polar surface area (TPSA) is 164 Å². The zero-order valence-corrected chi connectivity index (χ0v) is 33.6. The van der Waals surface area contributed by atoms with E-state index in [2.05, 4.69) is 17.2 Å². The summed E-state index contributed by atoms with van der Waals surface area (Å²) in [6, 6.07) is 25.1. The number of esters is 1. The number of aromatic hydroxyl groups is 1. The lowest BCUT2D eigenvalue weighted by atomic mass is 10.0. The fraction of sp³-hybridized carbons (Fsp3) is 0.304. The first-order chi connectivity index (χ1) is 28.6. The maximum Gasteiger partial charge on any atom is 0.350 e. The number of benzene rings is 5. The maximum atomic E-state index is 14.4. The summed E-state index contributed by atoms with van der Waals surface area (Å²) in [4.78, 5) is 61.0. The second-order valence-electron chi connectivity index (χ2n) is 14.5. The second kappa shape index (κ2) is 19.7. The van der Waals surface area contributed by atoms with Crippen LogP contribution in [0.25, 0.3) is 21.8 Å². The number of unbranched alkanes of at least 4 members (excludes halogenated alkanes) is 9. The van der Waals surface area contributed by atoms with Crippen molar-refractivity contribution in [3.05, 3.63) is 119 Å². The number of phenolic OH excluding ortho intramolecular Hbond substituents is 1. The van der Waals surface area contributed by atoms with Crippen LogP contribution in [0.2, 0.25) is 0 Å². The van der Waals surface area contributed by atoms with Crippen LogP contribution in [-0.4, -0.2) is 62.7 Å². The van der Waals surface area contributed by atoms with E-state index in [1.807, 2.05) is 25.1 Å². The monoisotopic (exact) mass is 799 g/mol. The van der Waals surface area contributed by atoms with Crippen molar-refractivity contribution in [2.75, 3.05) is 23.6 Å². The van der Waals surface area contributed by atoms with Gasteiger partial charge in [-0.1, -0.05) is 118 Å². The van der Waals surface area contributed by atoms with Crippen molar-refractivity contribution in [1.29, 1.82) is 0 Å². The SMILES string of the molecule is CCCCCCCCCCCCON(C(=O)c1cc(OC(=O)c2ccccc2N(C)C(=O)n2nnc3cc(C(=O)O)ccc32)c2ccccc2c1O)c1cccc(C)c1. The number of phenols is 1. The van der Waals surface area contributed by atoms with Gasteiger partial charge in [-0.3, -0.25) is 14.5 Å². The number of aryl methyl sites for hydroxylation is 1. The maximum absolute atomic E-state index is 14.4. The summed E-state index contributed by atoms with van der Waals surface area (Å²) in [5, 5.41) is 30.7. The molecule has 0 fully saturated rings. The number of aromatic nitrogens is 3. The molecule has 59 heavy (non-hydrogen) atoms. The quantitative estimate of drug-likeness (QED) is 0.0370. The van der Waals surface area contributed by atoms with E-state index in [1.54, 1.807) is 48.5 Å². The van der Waals surface area contributed by atoms with Gasteiger partial charge < -0.3 is 14.9 Å². The minimum Gasteiger partial charge on any atom is -0.506 e. The number of para-hydroxylation sites is 1. The Labute approximate surface area is 342 Å². The fourth-order valence-corrected chi connectivity index (χ4v) is 6.97. The number of fused-ring (bicyclic) bond motifs is 2. The first-order valence-electron chi connectivity index (χ1n) is 20.1. The van der Waals surface area contributed by atoms with E-state index >= 15 is 0 Å². The molecule has 1 aromatic heterocycles. The van der Waals surface area contributed by atoms with Crippen LogP contribution in [0.5, 0.6) is 11.5 Å². The summed E-state index contributed by atoms with van der Waals surface area (Å²) in [5.74, 6) is -2.93. The van der Waals surface area contributed by atoms with Crippen LogP contribution in [0, 0.1) is 6.92 Å². The van der Waals surface area contributed by atoms with Crippen molar-refractivity contribution in [1.82, 2.24) is 15.0 Å². The molecule has 0 spiro atoms. The summed E-state index contributed by atoms with van der Waals surface area (Å²) in [5.41, 5.74) is 1.92. The number of aromatic carboxylic acids is 1. The first-order valence-corrected chi connectivity index (χ1v) is 20.1. The highest BCUT2D eigenvalue weighted by molar-refractivity contribution is 6.12. The van der Waals surface area contributed by atoms with Crippen molar-refractivity contribution in [2.24, 2.45) is 0 Å². The average molecular weight is 800 g/mol. The third-order valence-electron chi connectivity index (χ3n) is 10.2. The van der Waals surface area contributed by atoms with Crippen molar-refractivity contribution in [3.63, 3.8) is 0 Å². The molecule has 2 amide bonds. The van der Waals surface area contributed by atoms with Gasteiger partial charge in [-0.05, 0) is 67.4 Å². The fourth-order valence-electron chi connectivity index (χ4n) is 6.97. The number of ether oxygens (including phenoxy) is 1. The van der Waals surface area contributed by atoms with Gasteiger partial charge in [0.15, 0.2) is 0 Å². The van der Waals surface area contributed by atoms with Gasteiger partial charge in [0, 0.05) is 17.8 Å². The third kappa shape index (κ3) is 9.93. The molecule has 306 valence electrons. The Bertz CT molecular complexity index is 2460. The lowest BCUT2D eigenvalue weighted by molar-refractivity contribution is 0.0632. The van der Waals surface area contributed by atoms with Crippen LogP contribution in [0.1, 0.15) is 108 Å². The molecule has 0 aliphatic heterocycles. The van der Waals surface area contributed by atoms with Gasteiger partial charge in [0.25, 0.3) is 5.91 Å². The van der Waals surface area contributed by atoms with E-state index in [9.17, 15) is 29.4 Å². The number of hydrogen-bond donors (Lipinski definition) is 2. The standard InChI is InChI=1S/C46H49N5O8/c1-4-5-6-7-8-9-10-11-12-17-27-58-51(33-20-18-19-31(2)28-33)43(53)37-30-41(34-21-13-14-22-35(34)42(37)52)59-45(56)36-23-15-16-24-39(36)49(3)46(57)50-40-26-25-32(44(54)55)29-38(40)47-48-50/h13-16,18-26,28-30,52H,4-12,17,27H2,1-3H3,(H,54,55). The largest absolute Gasteiger partial charge is 0.506 e. The van der Waals surface area contributed by atoms with Crippen molar-refractivity contribution < 1.29 is 39.0 Å². The third-order valence-corrected chi connectivity index (χ3v) is 10.2.